The van der Waals surface area contributed by atoms with E-state index in [1.807, 2.05) is 50.2 Å². The maximum atomic E-state index is 14.1. The number of aromatic nitrogens is 1. The molecule has 2 aromatic carbocycles. The Kier molecular flexibility index (Phi) is 10.6. The topological polar surface area (TPSA) is 129 Å². The second-order valence-electron chi connectivity index (χ2n) is 11.2. The number of rotatable bonds is 11. The lowest BCUT2D eigenvalue weighted by Crippen LogP contribution is -2.57. The second kappa shape index (κ2) is 14.6. The smallest absolute Gasteiger partial charge is 0.337 e. The Morgan fingerprint density at radius 2 is 1.57 bits per heavy atom. The van der Waals surface area contributed by atoms with Gasteiger partial charge in [-0.05, 0) is 49.4 Å². The van der Waals surface area contributed by atoms with Crippen LogP contribution in [0.5, 0.6) is 0 Å². The van der Waals surface area contributed by atoms with Gasteiger partial charge in [-0.3, -0.25) is 29.2 Å². The first-order valence-electron chi connectivity index (χ1n) is 14.6. The average Bonchev–Trinajstić information content (AvgIpc) is 3.01. The number of hydrogen-bond donors (Lipinski definition) is 2. The van der Waals surface area contributed by atoms with E-state index < -0.39 is 54.5 Å². The molecule has 3 aromatic rings. The van der Waals surface area contributed by atoms with Gasteiger partial charge in [0.25, 0.3) is 11.8 Å². The van der Waals surface area contributed by atoms with Crippen LogP contribution in [0, 0.1) is 5.92 Å². The Balaban J connectivity index is 1.67. The largest absolute Gasteiger partial charge is 0.461 e. The molecule has 0 saturated carbocycles. The van der Waals surface area contributed by atoms with Gasteiger partial charge in [-0.25, -0.2) is 4.79 Å². The van der Waals surface area contributed by atoms with Gasteiger partial charge in [0.15, 0.2) is 6.10 Å². The van der Waals surface area contributed by atoms with Crippen molar-refractivity contribution < 1.29 is 29.0 Å². The molecule has 10 heteroatoms. The summed E-state index contributed by atoms with van der Waals surface area (Å²) in [4.78, 5) is 60.9. The average molecular weight is 599 g/mol. The number of nitrogens with one attached hydrogen (secondary N) is 1. The number of esters is 1. The Morgan fingerprint density at radius 3 is 2.16 bits per heavy atom. The Bertz CT molecular complexity index is 1480. The summed E-state index contributed by atoms with van der Waals surface area (Å²) in [5.41, 5.74) is 1.95. The maximum Gasteiger partial charge on any atom is 0.337 e. The van der Waals surface area contributed by atoms with Crippen LogP contribution in [0.2, 0.25) is 0 Å². The molecule has 4 rings (SSSR count). The number of carbonyl (C=O) groups is 4. The lowest BCUT2D eigenvalue weighted by Gasteiger charge is -2.41. The highest BCUT2D eigenvalue weighted by atomic mass is 16.6. The van der Waals surface area contributed by atoms with E-state index in [9.17, 15) is 24.3 Å². The number of ether oxygens (including phenoxy) is 1. The number of benzene rings is 2. The van der Waals surface area contributed by atoms with Crippen molar-refractivity contribution in [3.8, 4) is 0 Å². The number of aliphatic hydroxyl groups is 1. The first-order chi connectivity index (χ1) is 21.1. The first kappa shape index (κ1) is 32.1. The third kappa shape index (κ3) is 7.76. The zero-order valence-electron chi connectivity index (χ0n) is 25.3. The van der Waals surface area contributed by atoms with Crippen LogP contribution in [-0.2, 0) is 25.5 Å². The van der Waals surface area contributed by atoms with Crippen molar-refractivity contribution in [2.45, 2.75) is 58.4 Å². The van der Waals surface area contributed by atoms with Crippen molar-refractivity contribution >= 4 is 29.4 Å². The zero-order valence-corrected chi connectivity index (χ0v) is 25.3. The van der Waals surface area contributed by atoms with Crippen LogP contribution in [0.4, 0.5) is 0 Å². The minimum Gasteiger partial charge on any atom is -0.461 e. The lowest BCUT2D eigenvalue weighted by molar-refractivity contribution is -0.159. The molecule has 10 nitrogen and oxygen atoms in total. The van der Waals surface area contributed by atoms with Gasteiger partial charge in [-0.1, -0.05) is 80.6 Å². The molecule has 0 radical (unpaired) electrons. The highest BCUT2D eigenvalue weighted by molar-refractivity contribution is 6.03. The molecule has 230 valence electrons. The SMILES string of the molecule is CC(C)OC(=O)C(O)[C@H](Cc1ccccc1)NC(=O)CN1C(=O)C(C(C)C)N(C(=O)c2ccccn2)C=C1c1ccccc1. The minimum atomic E-state index is -1.64. The van der Waals surface area contributed by atoms with Crippen LogP contribution in [0.3, 0.4) is 0 Å². The van der Waals surface area contributed by atoms with Gasteiger partial charge in [-0.15, -0.1) is 0 Å². The molecule has 2 heterocycles. The fourth-order valence-electron chi connectivity index (χ4n) is 5.07. The van der Waals surface area contributed by atoms with Gasteiger partial charge in [-0.2, -0.15) is 0 Å². The van der Waals surface area contributed by atoms with E-state index in [2.05, 4.69) is 10.3 Å². The predicted octanol–water partition coefficient (Wildman–Crippen LogP) is 3.43. The molecule has 0 spiro atoms. The summed E-state index contributed by atoms with van der Waals surface area (Å²) in [6, 6.07) is 21.2. The normalized spacial score (nSPS) is 16.4. The molecule has 0 fully saturated rings. The second-order valence-corrected chi connectivity index (χ2v) is 11.2. The van der Waals surface area contributed by atoms with Crippen LogP contribution in [-0.4, -0.2) is 74.4 Å². The van der Waals surface area contributed by atoms with Crippen molar-refractivity contribution in [1.29, 1.82) is 0 Å². The molecular weight excluding hydrogens is 560 g/mol. The summed E-state index contributed by atoms with van der Waals surface area (Å²) in [7, 11) is 0. The van der Waals surface area contributed by atoms with Gasteiger partial charge in [0, 0.05) is 12.4 Å². The van der Waals surface area contributed by atoms with Crippen molar-refractivity contribution in [1.82, 2.24) is 20.1 Å². The summed E-state index contributed by atoms with van der Waals surface area (Å²) in [6.07, 6.45) is 1.15. The summed E-state index contributed by atoms with van der Waals surface area (Å²) >= 11 is 0. The molecular formula is C34H38N4O6. The van der Waals surface area contributed by atoms with E-state index in [4.69, 9.17) is 4.74 Å². The molecule has 2 unspecified atom stereocenters. The monoisotopic (exact) mass is 598 g/mol. The summed E-state index contributed by atoms with van der Waals surface area (Å²) < 4.78 is 5.21. The lowest BCUT2D eigenvalue weighted by atomic mass is 9.96. The predicted molar refractivity (Wildman–Crippen MR) is 164 cm³/mol. The Hall–Kier alpha value is -4.83. The summed E-state index contributed by atoms with van der Waals surface area (Å²) in [5.74, 6) is -2.63. The molecule has 1 aromatic heterocycles. The van der Waals surface area contributed by atoms with Gasteiger partial charge in [0.05, 0.1) is 17.8 Å². The van der Waals surface area contributed by atoms with Crippen molar-refractivity contribution in [3.05, 3.63) is 108 Å². The number of nitrogens with zero attached hydrogens (tertiary/aromatic N) is 3. The van der Waals surface area contributed by atoms with Crippen LogP contribution in [0.1, 0.15) is 49.3 Å². The summed E-state index contributed by atoms with van der Waals surface area (Å²) in [5, 5.41) is 13.7. The highest BCUT2D eigenvalue weighted by Gasteiger charge is 2.42. The van der Waals surface area contributed by atoms with Crippen LogP contribution in [0.25, 0.3) is 5.70 Å². The van der Waals surface area contributed by atoms with E-state index in [1.165, 1.54) is 16.0 Å². The Morgan fingerprint density at radius 1 is 0.932 bits per heavy atom. The molecule has 0 saturated heterocycles. The number of pyridine rings is 1. The highest BCUT2D eigenvalue weighted by Crippen LogP contribution is 2.31. The third-order valence-electron chi connectivity index (χ3n) is 7.11. The molecule has 3 atom stereocenters. The van der Waals surface area contributed by atoms with Crippen molar-refractivity contribution in [3.63, 3.8) is 0 Å². The van der Waals surface area contributed by atoms with Crippen LogP contribution in [0.15, 0.2) is 91.3 Å². The van der Waals surface area contributed by atoms with Crippen LogP contribution >= 0.6 is 0 Å². The van der Waals surface area contributed by atoms with E-state index in [0.29, 0.717) is 11.3 Å². The van der Waals surface area contributed by atoms with Crippen molar-refractivity contribution in [2.24, 2.45) is 5.92 Å². The van der Waals surface area contributed by atoms with Crippen LogP contribution < -0.4 is 5.32 Å². The fourth-order valence-corrected chi connectivity index (χ4v) is 5.07. The van der Waals surface area contributed by atoms with E-state index >= 15 is 0 Å². The molecule has 44 heavy (non-hydrogen) atoms. The molecule has 2 N–H and O–H groups in total. The molecule has 3 amide bonds. The zero-order chi connectivity index (χ0) is 31.8. The molecule has 1 aliphatic rings. The number of amides is 3. The summed E-state index contributed by atoms with van der Waals surface area (Å²) in [6.45, 7) is 6.58. The van der Waals surface area contributed by atoms with Gasteiger partial charge in [0.2, 0.25) is 5.91 Å². The quantitative estimate of drug-likeness (QED) is 0.324. The van der Waals surface area contributed by atoms with E-state index in [-0.39, 0.29) is 18.0 Å². The maximum absolute atomic E-state index is 14.1. The van der Waals surface area contributed by atoms with Gasteiger partial charge in [0.1, 0.15) is 18.3 Å². The number of aliphatic hydroxyl groups excluding tert-OH is 1. The van der Waals surface area contributed by atoms with E-state index in [1.54, 1.807) is 62.5 Å². The third-order valence-corrected chi connectivity index (χ3v) is 7.11. The van der Waals surface area contributed by atoms with Gasteiger partial charge >= 0.3 is 5.97 Å². The number of hydrogen-bond acceptors (Lipinski definition) is 7. The number of carbonyl (C=O) groups excluding carboxylic acids is 4. The molecule has 0 bridgehead atoms. The molecule has 0 aliphatic carbocycles. The Labute approximate surface area is 257 Å². The first-order valence-corrected chi connectivity index (χ1v) is 14.6. The fraction of sp³-hybridized carbons (Fsp3) is 0.324. The van der Waals surface area contributed by atoms with Gasteiger partial charge < -0.3 is 15.2 Å². The van der Waals surface area contributed by atoms with E-state index in [0.717, 1.165) is 5.56 Å². The standard InChI is InChI=1S/C34H38N4O6/c1-22(2)30-33(42)37(28(25-15-9-6-10-16-25)20-38(30)32(41)26-17-11-12-18-35-26)21-29(39)36-27(19-24-13-7-5-8-14-24)31(40)34(43)44-23(3)4/h5-18,20,22-23,27,30-31,40H,19,21H2,1-4H3,(H,36,39)/t27-,30?,31?/m0/s1. The minimum absolute atomic E-state index is 0.150. The molecule has 1 aliphatic heterocycles. The van der Waals surface area contributed by atoms with Crippen molar-refractivity contribution in [2.75, 3.05) is 6.54 Å².